The molecule has 0 saturated carbocycles. The van der Waals surface area contributed by atoms with Gasteiger partial charge in [0.25, 0.3) is 0 Å². The average molecular weight is 383 g/mol. The van der Waals surface area contributed by atoms with E-state index in [0.29, 0.717) is 12.1 Å². The Hall–Kier alpha value is -2.18. The summed E-state index contributed by atoms with van der Waals surface area (Å²) in [5.41, 5.74) is 2.27. The van der Waals surface area contributed by atoms with Crippen molar-refractivity contribution in [1.82, 2.24) is 15.1 Å². The van der Waals surface area contributed by atoms with E-state index in [9.17, 15) is 9.59 Å². The lowest BCUT2D eigenvalue weighted by atomic mass is 9.73. The molecule has 0 unspecified atom stereocenters. The Labute approximate surface area is 166 Å². The molecule has 3 aliphatic rings. The second-order valence-electron chi connectivity index (χ2n) is 8.52. The van der Waals surface area contributed by atoms with E-state index in [4.69, 9.17) is 4.74 Å². The number of ether oxygens (including phenoxy) is 1. The largest absolute Gasteiger partial charge is 0.488 e. The molecule has 1 N–H and O–H groups in total. The van der Waals surface area contributed by atoms with Gasteiger partial charge in [0.2, 0.25) is 5.91 Å². The Morgan fingerprint density at radius 3 is 2.79 bits per heavy atom. The fraction of sp³-hybridized carbons (Fsp3) is 0.545. The van der Waals surface area contributed by atoms with Crippen LogP contribution in [0.3, 0.4) is 0 Å². The Morgan fingerprint density at radius 2 is 2.04 bits per heavy atom. The molecular formula is C22H29N3O3. The summed E-state index contributed by atoms with van der Waals surface area (Å²) in [5.74, 6) is 0.689. The van der Waals surface area contributed by atoms with Crippen molar-refractivity contribution >= 4 is 11.7 Å². The molecule has 6 nitrogen and oxygen atoms in total. The summed E-state index contributed by atoms with van der Waals surface area (Å²) in [5, 5.41) is 2.88. The van der Waals surface area contributed by atoms with Gasteiger partial charge in [-0.3, -0.25) is 9.59 Å². The highest BCUT2D eigenvalue weighted by Gasteiger charge is 2.48. The van der Waals surface area contributed by atoms with Crippen molar-refractivity contribution in [3.05, 3.63) is 41.1 Å². The maximum atomic E-state index is 12.6. The van der Waals surface area contributed by atoms with E-state index in [-0.39, 0.29) is 24.2 Å². The maximum absolute atomic E-state index is 12.6. The lowest BCUT2D eigenvalue weighted by Crippen LogP contribution is -2.46. The number of piperazine rings is 1. The van der Waals surface area contributed by atoms with Crippen LogP contribution >= 0.6 is 0 Å². The van der Waals surface area contributed by atoms with Crippen molar-refractivity contribution < 1.29 is 14.3 Å². The fourth-order valence-electron chi connectivity index (χ4n) is 4.35. The van der Waals surface area contributed by atoms with E-state index in [0.717, 1.165) is 49.6 Å². The number of nitrogens with zero attached hydrogens (tertiary/aromatic N) is 2. The number of amides is 1. The highest BCUT2D eigenvalue weighted by atomic mass is 16.5. The van der Waals surface area contributed by atoms with Crippen LogP contribution in [0.5, 0.6) is 5.75 Å². The predicted octanol–water partition coefficient (Wildman–Crippen LogP) is 1.62. The summed E-state index contributed by atoms with van der Waals surface area (Å²) in [4.78, 5) is 29.7. The zero-order valence-corrected chi connectivity index (χ0v) is 17.0. The minimum Gasteiger partial charge on any atom is -0.488 e. The molecule has 4 rings (SSSR count). The zero-order valence-electron chi connectivity index (χ0n) is 17.0. The Morgan fingerprint density at radius 1 is 1.29 bits per heavy atom. The van der Waals surface area contributed by atoms with Crippen LogP contribution in [-0.4, -0.2) is 67.4 Å². The third-order valence-corrected chi connectivity index (χ3v) is 6.29. The van der Waals surface area contributed by atoms with Crippen LogP contribution in [-0.2, 0) is 15.0 Å². The first-order valence-electron chi connectivity index (χ1n) is 10.1. The van der Waals surface area contributed by atoms with Crippen LogP contribution in [0.4, 0.5) is 0 Å². The van der Waals surface area contributed by atoms with E-state index in [1.165, 1.54) is 0 Å². The van der Waals surface area contributed by atoms with E-state index < -0.39 is 5.41 Å². The Bertz CT molecular complexity index is 826. The summed E-state index contributed by atoms with van der Waals surface area (Å²) in [6.45, 7) is 8.90. The smallest absolute Gasteiger partial charge is 0.225 e. The van der Waals surface area contributed by atoms with Gasteiger partial charge in [0, 0.05) is 44.7 Å². The fourth-order valence-corrected chi connectivity index (χ4v) is 4.35. The maximum Gasteiger partial charge on any atom is 0.225 e. The number of carbonyl (C=O) groups is 2. The molecule has 0 bridgehead atoms. The van der Waals surface area contributed by atoms with Crippen LogP contribution in [0.15, 0.2) is 30.0 Å². The monoisotopic (exact) mass is 383 g/mol. The Balaban J connectivity index is 1.44. The number of hydrogen-bond donors (Lipinski definition) is 1. The summed E-state index contributed by atoms with van der Waals surface area (Å²) in [6.07, 6.45) is 2.39. The quantitative estimate of drug-likeness (QED) is 0.856. The molecule has 1 amide bonds. The van der Waals surface area contributed by atoms with Gasteiger partial charge < -0.3 is 19.9 Å². The minimum absolute atomic E-state index is 0.0556. The first kappa shape index (κ1) is 19.2. The number of carbonyl (C=O) groups excluding carboxylic acids is 2. The number of likely N-dealkylation sites (N-methyl/N-ethyl adjacent to an activating group) is 1. The summed E-state index contributed by atoms with van der Waals surface area (Å²) in [7, 11) is 2.12. The number of nitrogens with one attached hydrogen (secondary N) is 1. The highest BCUT2D eigenvalue weighted by Crippen LogP contribution is 2.48. The molecule has 0 radical (unpaired) electrons. The molecular weight excluding hydrogens is 354 g/mol. The van der Waals surface area contributed by atoms with Crippen molar-refractivity contribution in [2.45, 2.75) is 38.2 Å². The van der Waals surface area contributed by atoms with Crippen LogP contribution in [0.2, 0.25) is 0 Å². The molecule has 1 fully saturated rings. The number of hydrogen-bond acceptors (Lipinski definition) is 5. The Kier molecular flexibility index (Phi) is 5.02. The van der Waals surface area contributed by atoms with Gasteiger partial charge in [0.05, 0.1) is 17.5 Å². The van der Waals surface area contributed by atoms with Gasteiger partial charge in [0.15, 0.2) is 5.78 Å². The number of allylic oxidation sites excluding steroid dienone is 1. The van der Waals surface area contributed by atoms with Crippen molar-refractivity contribution in [2.75, 3.05) is 39.8 Å². The van der Waals surface area contributed by atoms with E-state index >= 15 is 0 Å². The second kappa shape index (κ2) is 7.33. The first-order chi connectivity index (χ1) is 13.3. The second-order valence-corrected chi connectivity index (χ2v) is 8.52. The number of fused-ring (bicyclic) bond motifs is 3. The van der Waals surface area contributed by atoms with E-state index in [2.05, 4.69) is 42.1 Å². The van der Waals surface area contributed by atoms with Crippen molar-refractivity contribution in [1.29, 1.82) is 0 Å². The van der Waals surface area contributed by atoms with Gasteiger partial charge in [-0.25, -0.2) is 0 Å². The van der Waals surface area contributed by atoms with Crippen LogP contribution < -0.4 is 10.1 Å². The van der Waals surface area contributed by atoms with Gasteiger partial charge in [-0.05, 0) is 33.0 Å². The van der Waals surface area contributed by atoms with E-state index in [1.54, 1.807) is 0 Å². The number of Topliss-reactive ketones (excluding diaryl/α,β-unsaturated/α-hetero) is 1. The summed E-state index contributed by atoms with van der Waals surface area (Å²) >= 11 is 0. The lowest BCUT2D eigenvalue weighted by Gasteiger charge is -2.33. The van der Waals surface area contributed by atoms with Crippen molar-refractivity contribution in [2.24, 2.45) is 0 Å². The molecule has 0 spiro atoms. The third kappa shape index (κ3) is 3.59. The first-order valence-corrected chi connectivity index (χ1v) is 10.1. The summed E-state index contributed by atoms with van der Waals surface area (Å²) < 4.78 is 6.04. The zero-order chi connectivity index (χ0) is 19.9. The molecule has 6 heteroatoms. The van der Waals surface area contributed by atoms with Crippen LogP contribution in [0.25, 0.3) is 0 Å². The van der Waals surface area contributed by atoms with E-state index in [1.807, 2.05) is 18.2 Å². The molecule has 2 aliphatic heterocycles. The average Bonchev–Trinajstić information content (AvgIpc) is 2.93. The third-order valence-electron chi connectivity index (χ3n) is 6.29. The topological polar surface area (TPSA) is 61.9 Å². The van der Waals surface area contributed by atoms with Crippen molar-refractivity contribution in [3.8, 4) is 5.75 Å². The molecule has 0 aromatic heterocycles. The molecule has 1 aliphatic carbocycles. The van der Waals surface area contributed by atoms with Gasteiger partial charge in [-0.15, -0.1) is 0 Å². The van der Waals surface area contributed by atoms with Gasteiger partial charge in [0.1, 0.15) is 11.9 Å². The molecule has 1 aromatic carbocycles. The normalized spacial score (nSPS) is 27.6. The highest BCUT2D eigenvalue weighted by molar-refractivity contribution is 6.00. The van der Waals surface area contributed by atoms with Gasteiger partial charge >= 0.3 is 0 Å². The molecule has 2 heterocycles. The SMILES string of the molecule is Cc1ccc2c(c1)[C@]1(C)C=C(NC(=O)CCN3CCN(C)CC3)C(=O)C[C@@H]1O2. The van der Waals surface area contributed by atoms with Crippen LogP contribution in [0.1, 0.15) is 30.9 Å². The predicted molar refractivity (Wildman–Crippen MR) is 107 cm³/mol. The van der Waals surface area contributed by atoms with Gasteiger partial charge in [-0.1, -0.05) is 17.7 Å². The molecule has 1 saturated heterocycles. The number of aryl methyl sites for hydroxylation is 1. The van der Waals surface area contributed by atoms with Crippen molar-refractivity contribution in [3.63, 3.8) is 0 Å². The minimum atomic E-state index is -0.394. The molecule has 1 aromatic rings. The van der Waals surface area contributed by atoms with Gasteiger partial charge in [-0.2, -0.15) is 0 Å². The number of benzene rings is 1. The molecule has 150 valence electrons. The standard InChI is InChI=1S/C22H29N3O3/c1-15-4-5-19-16(12-15)22(2)14-17(18(26)13-20(22)28-19)23-21(27)6-7-25-10-8-24(3)9-11-25/h4-5,12,14,20H,6-11,13H2,1-3H3,(H,23,27)/t20-,22-/m0/s1. The lowest BCUT2D eigenvalue weighted by molar-refractivity contribution is -0.124. The number of rotatable bonds is 4. The molecule has 28 heavy (non-hydrogen) atoms. The summed E-state index contributed by atoms with van der Waals surface area (Å²) in [6, 6.07) is 6.11. The number of ketones is 1. The molecule has 2 atom stereocenters. The van der Waals surface area contributed by atoms with Crippen LogP contribution in [0, 0.1) is 6.92 Å².